The van der Waals surface area contributed by atoms with Crippen molar-refractivity contribution in [1.29, 1.82) is 0 Å². The van der Waals surface area contributed by atoms with Gasteiger partial charge in [0.2, 0.25) is 0 Å². The summed E-state index contributed by atoms with van der Waals surface area (Å²) >= 11 is 3.34. The van der Waals surface area contributed by atoms with Gasteiger partial charge in [-0.3, -0.25) is 4.79 Å². The fourth-order valence-corrected chi connectivity index (χ4v) is 3.52. The van der Waals surface area contributed by atoms with Crippen LogP contribution in [0.4, 0.5) is 5.69 Å². The monoisotopic (exact) mass is 372 g/mol. The lowest BCUT2D eigenvalue weighted by Crippen LogP contribution is -2.14. The molecule has 2 aromatic rings. The smallest absolute Gasteiger partial charge is 0.258 e. The van der Waals surface area contributed by atoms with Crippen LogP contribution in [0.1, 0.15) is 54.4 Å². The molecular formula is C19H21BrN2O. The number of nitrogens with one attached hydrogen (secondary N) is 1. The van der Waals surface area contributed by atoms with Crippen molar-refractivity contribution < 1.29 is 4.79 Å². The van der Waals surface area contributed by atoms with Crippen molar-refractivity contribution in [2.45, 2.75) is 38.5 Å². The molecule has 1 N–H and O–H groups in total. The molecule has 1 saturated carbocycles. The van der Waals surface area contributed by atoms with Crippen LogP contribution in [0.25, 0.3) is 0 Å². The van der Waals surface area contributed by atoms with Crippen molar-refractivity contribution in [3.05, 3.63) is 58.3 Å². The van der Waals surface area contributed by atoms with E-state index in [4.69, 9.17) is 0 Å². The summed E-state index contributed by atoms with van der Waals surface area (Å²) in [6, 6.07) is 11.7. The molecule has 4 heteroatoms. The van der Waals surface area contributed by atoms with Crippen LogP contribution < -0.4 is 5.32 Å². The summed E-state index contributed by atoms with van der Waals surface area (Å²) in [7, 11) is 0. The lowest BCUT2D eigenvalue weighted by atomic mass is 10.0. The lowest BCUT2D eigenvalue weighted by molar-refractivity contribution is 0.102. The Morgan fingerprint density at radius 1 is 1.30 bits per heavy atom. The first-order valence-corrected chi connectivity index (χ1v) is 9.00. The van der Waals surface area contributed by atoms with Gasteiger partial charge in [-0.15, -0.1) is 0 Å². The molecule has 120 valence electrons. The van der Waals surface area contributed by atoms with E-state index < -0.39 is 0 Å². The molecule has 1 aliphatic rings. The largest absolute Gasteiger partial charge is 0.322 e. The number of carbonyl (C=O) groups is 1. The zero-order valence-corrected chi connectivity index (χ0v) is 14.8. The highest BCUT2D eigenvalue weighted by atomic mass is 79.9. The van der Waals surface area contributed by atoms with Crippen LogP contribution in [0.15, 0.2) is 47.2 Å². The van der Waals surface area contributed by atoms with E-state index in [1.165, 1.54) is 31.2 Å². The van der Waals surface area contributed by atoms with Crippen molar-refractivity contribution >= 4 is 27.5 Å². The molecule has 2 unspecified atom stereocenters. The van der Waals surface area contributed by atoms with Gasteiger partial charge in [0.1, 0.15) is 4.60 Å². The standard InChI is InChI=1S/C19H21BrN2O/c1-2-3-7-13-12-16(13)14-8-4-5-10-17(14)22-19(23)15-9-6-11-21-18(15)20/h4-6,8-11,13,16H,2-3,7,12H2,1H3,(H,22,23). The third-order valence-electron chi connectivity index (χ3n) is 4.46. The third kappa shape index (κ3) is 3.81. The second-order valence-electron chi connectivity index (χ2n) is 6.13. The van der Waals surface area contributed by atoms with Gasteiger partial charge < -0.3 is 5.32 Å². The van der Waals surface area contributed by atoms with E-state index in [2.05, 4.69) is 45.3 Å². The molecule has 3 nitrogen and oxygen atoms in total. The first kappa shape index (κ1) is 16.2. The van der Waals surface area contributed by atoms with E-state index in [1.807, 2.05) is 12.1 Å². The topological polar surface area (TPSA) is 42.0 Å². The molecule has 0 bridgehead atoms. The van der Waals surface area contributed by atoms with Gasteiger partial charge in [0, 0.05) is 11.9 Å². The lowest BCUT2D eigenvalue weighted by Gasteiger charge is -2.11. The van der Waals surface area contributed by atoms with Gasteiger partial charge in [0.25, 0.3) is 5.91 Å². The number of carbonyl (C=O) groups excluding carboxylic acids is 1. The average Bonchev–Trinajstić information content (AvgIpc) is 3.33. The van der Waals surface area contributed by atoms with Crippen LogP contribution >= 0.6 is 15.9 Å². The number of para-hydroxylation sites is 1. The normalized spacial score (nSPS) is 19.4. The van der Waals surface area contributed by atoms with Crippen LogP contribution in [-0.4, -0.2) is 10.9 Å². The zero-order chi connectivity index (χ0) is 16.2. The number of hydrogen-bond acceptors (Lipinski definition) is 2. The maximum absolute atomic E-state index is 12.5. The van der Waals surface area contributed by atoms with Crippen LogP contribution in [0.5, 0.6) is 0 Å². The average molecular weight is 373 g/mol. The van der Waals surface area contributed by atoms with Crippen molar-refractivity contribution in [2.24, 2.45) is 5.92 Å². The van der Waals surface area contributed by atoms with Gasteiger partial charge in [-0.05, 0) is 64.4 Å². The van der Waals surface area contributed by atoms with Crippen LogP contribution in [-0.2, 0) is 0 Å². The molecule has 0 aliphatic heterocycles. The summed E-state index contributed by atoms with van der Waals surface area (Å²) in [5, 5.41) is 3.06. The number of amides is 1. The summed E-state index contributed by atoms with van der Waals surface area (Å²) in [6.07, 6.45) is 6.73. The fraction of sp³-hybridized carbons (Fsp3) is 0.368. The van der Waals surface area contributed by atoms with Crippen molar-refractivity contribution in [2.75, 3.05) is 5.32 Å². The van der Waals surface area contributed by atoms with Crippen LogP contribution in [0, 0.1) is 5.92 Å². The molecule has 1 aliphatic carbocycles. The summed E-state index contributed by atoms with van der Waals surface area (Å²) in [6.45, 7) is 2.23. The van der Waals surface area contributed by atoms with Crippen molar-refractivity contribution in [3.8, 4) is 0 Å². The molecule has 1 fully saturated rings. The predicted octanol–water partition coefficient (Wildman–Crippen LogP) is 5.39. The Kier molecular flexibility index (Phi) is 5.11. The Balaban J connectivity index is 1.74. The number of nitrogens with zero attached hydrogens (tertiary/aromatic N) is 1. The first-order valence-electron chi connectivity index (χ1n) is 8.21. The number of anilines is 1. The van der Waals surface area contributed by atoms with Gasteiger partial charge >= 0.3 is 0 Å². The van der Waals surface area contributed by atoms with E-state index in [0.717, 1.165) is 11.6 Å². The number of aromatic nitrogens is 1. The highest BCUT2D eigenvalue weighted by Crippen LogP contribution is 2.52. The Hall–Kier alpha value is -1.68. The first-order chi connectivity index (χ1) is 11.2. The van der Waals surface area contributed by atoms with Crippen molar-refractivity contribution in [1.82, 2.24) is 4.98 Å². The molecule has 2 atom stereocenters. The predicted molar refractivity (Wildman–Crippen MR) is 96.7 cm³/mol. The van der Waals surface area contributed by atoms with E-state index >= 15 is 0 Å². The number of hydrogen-bond donors (Lipinski definition) is 1. The number of unbranched alkanes of at least 4 members (excludes halogenated alkanes) is 1. The minimum atomic E-state index is -0.122. The van der Waals surface area contributed by atoms with Crippen molar-refractivity contribution in [3.63, 3.8) is 0 Å². The number of benzene rings is 1. The maximum atomic E-state index is 12.5. The second kappa shape index (κ2) is 7.26. The van der Waals surface area contributed by atoms with E-state index in [0.29, 0.717) is 16.1 Å². The zero-order valence-electron chi connectivity index (χ0n) is 13.3. The second-order valence-corrected chi connectivity index (χ2v) is 6.88. The summed E-state index contributed by atoms with van der Waals surface area (Å²) in [5.41, 5.74) is 2.75. The summed E-state index contributed by atoms with van der Waals surface area (Å²) in [5.74, 6) is 1.25. The molecule has 1 aromatic carbocycles. The SMILES string of the molecule is CCCCC1CC1c1ccccc1NC(=O)c1cccnc1Br. The van der Waals surface area contributed by atoms with E-state index in [-0.39, 0.29) is 5.91 Å². The molecule has 0 radical (unpaired) electrons. The molecule has 0 spiro atoms. The van der Waals surface area contributed by atoms with Crippen LogP contribution in [0.2, 0.25) is 0 Å². The number of pyridine rings is 1. The molecule has 1 aromatic heterocycles. The molecule has 1 heterocycles. The highest BCUT2D eigenvalue weighted by Gasteiger charge is 2.38. The third-order valence-corrected chi connectivity index (χ3v) is 5.10. The van der Waals surface area contributed by atoms with E-state index in [9.17, 15) is 4.79 Å². The summed E-state index contributed by atoms with van der Waals surface area (Å²) < 4.78 is 0.572. The minimum absolute atomic E-state index is 0.122. The fourth-order valence-electron chi connectivity index (χ4n) is 3.09. The molecule has 1 amide bonds. The molecule has 3 rings (SSSR count). The van der Waals surface area contributed by atoms with Gasteiger partial charge in [0.05, 0.1) is 5.56 Å². The van der Waals surface area contributed by atoms with Crippen LogP contribution in [0.3, 0.4) is 0 Å². The summed E-state index contributed by atoms with van der Waals surface area (Å²) in [4.78, 5) is 16.6. The molecular weight excluding hydrogens is 352 g/mol. The van der Waals surface area contributed by atoms with Gasteiger partial charge in [-0.25, -0.2) is 4.98 Å². The quantitative estimate of drug-likeness (QED) is 0.690. The Morgan fingerprint density at radius 2 is 2.13 bits per heavy atom. The van der Waals surface area contributed by atoms with Gasteiger partial charge in [-0.2, -0.15) is 0 Å². The number of halogens is 1. The maximum Gasteiger partial charge on any atom is 0.258 e. The Morgan fingerprint density at radius 3 is 2.91 bits per heavy atom. The van der Waals surface area contributed by atoms with Gasteiger partial charge in [0.15, 0.2) is 0 Å². The van der Waals surface area contributed by atoms with Gasteiger partial charge in [-0.1, -0.05) is 38.0 Å². The highest BCUT2D eigenvalue weighted by molar-refractivity contribution is 9.10. The number of rotatable bonds is 6. The minimum Gasteiger partial charge on any atom is -0.322 e. The molecule has 0 saturated heterocycles. The Bertz CT molecular complexity index is 701. The molecule has 23 heavy (non-hydrogen) atoms. The van der Waals surface area contributed by atoms with E-state index in [1.54, 1.807) is 18.3 Å². The Labute approximate surface area is 145 Å².